The molecule has 0 saturated carbocycles. The molecule has 0 aliphatic carbocycles. The van der Waals surface area contributed by atoms with E-state index in [1.54, 1.807) is 41.7 Å². The number of ether oxygens (including phenoxy) is 6. The minimum atomic E-state index is -0.843. The molecule has 0 radical (unpaired) electrons. The summed E-state index contributed by atoms with van der Waals surface area (Å²) in [6.07, 6.45) is 0.867. The van der Waals surface area contributed by atoms with Gasteiger partial charge < -0.3 is 53.5 Å². The van der Waals surface area contributed by atoms with Gasteiger partial charge in [-0.05, 0) is 59.9 Å². The first-order valence-electron chi connectivity index (χ1n) is 25.1. The molecule has 1 fully saturated rings. The highest BCUT2D eigenvalue weighted by Crippen LogP contribution is 2.34. The number of benzene rings is 2. The fourth-order valence-electron chi connectivity index (χ4n) is 8.17. The number of amides is 3. The molecule has 6 aromatic rings. The maximum absolute atomic E-state index is 14.0. The number of oxazole rings is 1. The van der Waals surface area contributed by atoms with Crippen LogP contribution in [0, 0.1) is 18.3 Å². The number of fused-ring (bicyclic) bond motifs is 1. The van der Waals surface area contributed by atoms with Gasteiger partial charge in [-0.1, -0.05) is 45.0 Å². The highest BCUT2D eigenvalue weighted by atomic mass is 32.1. The van der Waals surface area contributed by atoms with Crippen molar-refractivity contribution in [2.24, 2.45) is 18.4 Å². The van der Waals surface area contributed by atoms with Gasteiger partial charge in [0.15, 0.2) is 5.58 Å². The molecule has 1 saturated heterocycles. The molecule has 2 aromatic carbocycles. The first kappa shape index (κ1) is 56.9. The van der Waals surface area contributed by atoms with Crippen molar-refractivity contribution >= 4 is 51.6 Å². The topological polar surface area (TPSA) is 258 Å². The average Bonchev–Trinajstić information content (AvgIpc) is 4.16. The van der Waals surface area contributed by atoms with Gasteiger partial charge in [-0.3, -0.25) is 24.0 Å². The quantitative estimate of drug-likeness (QED) is 0.0496. The Morgan fingerprint density at radius 2 is 1.51 bits per heavy atom. The van der Waals surface area contributed by atoms with Crippen molar-refractivity contribution in [2.45, 2.75) is 65.6 Å². The Morgan fingerprint density at radius 1 is 0.842 bits per heavy atom. The summed E-state index contributed by atoms with van der Waals surface area (Å²) in [6, 6.07) is 18.2. The summed E-state index contributed by atoms with van der Waals surface area (Å²) in [5, 5.41) is 20.5. The molecule has 3 atom stereocenters. The second-order valence-electron chi connectivity index (χ2n) is 19.1. The van der Waals surface area contributed by atoms with E-state index in [0.29, 0.717) is 81.1 Å². The number of nitrogens with zero attached hydrogens (tertiary/aromatic N) is 6. The summed E-state index contributed by atoms with van der Waals surface area (Å²) in [5.41, 5.74) is 6.00. The Bertz CT molecular complexity index is 2920. The van der Waals surface area contributed by atoms with Gasteiger partial charge in [0.1, 0.15) is 41.1 Å². The van der Waals surface area contributed by atoms with Gasteiger partial charge in [-0.15, -0.1) is 11.3 Å². The molecular formula is C54H66N8O13S. The molecular weight excluding hydrogens is 1000 g/mol. The van der Waals surface area contributed by atoms with Crippen LogP contribution in [0.4, 0.5) is 5.69 Å². The number of thiazole rings is 1. The summed E-state index contributed by atoms with van der Waals surface area (Å²) in [4.78, 5) is 80.6. The third-order valence-corrected chi connectivity index (χ3v) is 13.3. The van der Waals surface area contributed by atoms with Crippen LogP contribution in [0.25, 0.3) is 33.1 Å². The summed E-state index contributed by atoms with van der Waals surface area (Å²) in [5.74, 6) is -1.16. The van der Waals surface area contributed by atoms with Crippen LogP contribution >= 0.6 is 11.3 Å². The number of β-amino-alcohol motifs (C(OH)–C–C–N with tert-alkyl or cyclic N) is 1. The van der Waals surface area contributed by atoms with Crippen LogP contribution in [0.1, 0.15) is 61.8 Å². The molecule has 0 bridgehead atoms. The van der Waals surface area contributed by atoms with Crippen molar-refractivity contribution in [1.82, 2.24) is 34.9 Å². The fraction of sp³-hybridized carbons (Fsp3) is 0.463. The number of aromatic nitrogens is 5. The van der Waals surface area contributed by atoms with Crippen LogP contribution in [0.3, 0.4) is 0 Å². The highest BCUT2D eigenvalue weighted by molar-refractivity contribution is 7.13. The van der Waals surface area contributed by atoms with E-state index in [9.17, 15) is 29.1 Å². The van der Waals surface area contributed by atoms with Crippen molar-refractivity contribution in [2.75, 3.05) is 84.5 Å². The van der Waals surface area contributed by atoms with E-state index in [1.165, 1.54) is 35.0 Å². The largest absolute Gasteiger partial charge is 0.490 e. The number of aliphatic hydroxyl groups is 1. The van der Waals surface area contributed by atoms with Crippen LogP contribution in [0.15, 0.2) is 87.6 Å². The third kappa shape index (κ3) is 16.6. The predicted molar refractivity (Wildman–Crippen MR) is 282 cm³/mol. The lowest BCUT2D eigenvalue weighted by Gasteiger charge is -2.34. The van der Waals surface area contributed by atoms with E-state index in [1.807, 2.05) is 57.5 Å². The average molecular weight is 1070 g/mol. The molecule has 1 aliphatic rings. The number of anilines is 1. The highest BCUT2D eigenvalue weighted by Gasteiger charge is 2.44. The Labute approximate surface area is 444 Å². The number of carbonyl (C=O) groups is 4. The van der Waals surface area contributed by atoms with E-state index in [-0.39, 0.29) is 86.9 Å². The monoisotopic (exact) mass is 1070 g/mol. The van der Waals surface area contributed by atoms with Gasteiger partial charge >= 0.3 is 0 Å². The standard InChI is InChI=1S/C54H66N8O13S/c1-35-49(76-34-57-35)37-8-6-36(7-9-37)31-56-51(67)46-30-40(64)33-62(46)53(68)42(54(2,3)4)29-39(63)16-17-69-18-19-70-20-21-71-22-23-72-24-25-73-26-27-74-41-11-12-43(55-32-41)50(66)58-38-10-14-47-45(28-38)59-52(75-47)44-13-15-48(65)61(5)60-44/h6-15,28,32,34,40,42,46,64H,16-27,29-31,33H2,1-5H3,(H,56,67)(H,58,66)/t40-,42-,46+/m0/s1. The molecule has 3 N–H and O–H groups in total. The number of carbonyl (C=O) groups excluding carboxylic acids is 4. The number of nitrogens with one attached hydrogen (secondary N) is 2. The van der Waals surface area contributed by atoms with E-state index in [4.69, 9.17) is 32.8 Å². The maximum Gasteiger partial charge on any atom is 0.274 e. The molecule has 5 heterocycles. The van der Waals surface area contributed by atoms with Crippen LogP contribution in [-0.4, -0.2) is 150 Å². The molecule has 76 heavy (non-hydrogen) atoms. The number of pyridine rings is 1. The third-order valence-electron chi connectivity index (χ3n) is 12.4. The van der Waals surface area contributed by atoms with Crippen molar-refractivity contribution in [3.05, 3.63) is 106 Å². The number of aryl methyl sites for hydroxylation is 2. The van der Waals surface area contributed by atoms with Gasteiger partial charge in [-0.25, -0.2) is 19.6 Å². The molecule has 406 valence electrons. The molecule has 21 nitrogen and oxygen atoms in total. The predicted octanol–water partition coefficient (Wildman–Crippen LogP) is 5.42. The second kappa shape index (κ2) is 27.8. The van der Waals surface area contributed by atoms with E-state index >= 15 is 0 Å². The number of rotatable bonds is 29. The Balaban J connectivity index is 0.673. The summed E-state index contributed by atoms with van der Waals surface area (Å²) < 4.78 is 40.5. The summed E-state index contributed by atoms with van der Waals surface area (Å²) in [7, 11) is 1.54. The number of ketones is 1. The van der Waals surface area contributed by atoms with Crippen LogP contribution < -0.4 is 20.9 Å². The number of Topliss-reactive ketones (excluding diaryl/α,β-unsaturated/α-hetero) is 1. The zero-order chi connectivity index (χ0) is 54.0. The normalized spacial score (nSPS) is 15.0. The lowest BCUT2D eigenvalue weighted by atomic mass is 9.76. The minimum absolute atomic E-state index is 0.00491. The SMILES string of the molecule is Cc1ncsc1-c1ccc(CNC(=O)[C@H]2C[C@H](O)CN2C(=O)[C@H](CC(=O)CCOCCOCCOCCOCCOCCOc2ccc(C(=O)Nc3ccc4oc(-c5ccc(=O)n(C)n5)nc4c3)nc2)C(C)(C)C)cc1. The van der Waals surface area contributed by atoms with E-state index in [2.05, 4.69) is 30.7 Å². The zero-order valence-electron chi connectivity index (χ0n) is 43.5. The smallest absolute Gasteiger partial charge is 0.274 e. The van der Waals surface area contributed by atoms with Gasteiger partial charge in [0.25, 0.3) is 11.5 Å². The van der Waals surface area contributed by atoms with Crippen LogP contribution in [0.5, 0.6) is 5.75 Å². The number of hydrogen-bond donors (Lipinski definition) is 3. The number of hydrogen-bond acceptors (Lipinski definition) is 18. The lowest BCUT2D eigenvalue weighted by Crippen LogP contribution is -2.50. The molecule has 4 aromatic heterocycles. The van der Waals surface area contributed by atoms with Gasteiger partial charge in [0.05, 0.1) is 94.5 Å². The van der Waals surface area contributed by atoms with Gasteiger partial charge in [-0.2, -0.15) is 5.10 Å². The molecule has 7 rings (SSSR count). The first-order chi connectivity index (χ1) is 36.6. The van der Waals surface area contributed by atoms with Crippen LogP contribution in [0.2, 0.25) is 0 Å². The van der Waals surface area contributed by atoms with Gasteiger partial charge in [0, 0.05) is 57.1 Å². The fourth-order valence-corrected chi connectivity index (χ4v) is 8.98. The Kier molecular flexibility index (Phi) is 20.8. The second-order valence-corrected chi connectivity index (χ2v) is 20.0. The Hall–Kier alpha value is -6.79. The molecule has 0 unspecified atom stereocenters. The van der Waals surface area contributed by atoms with E-state index < -0.39 is 29.4 Å². The molecule has 22 heteroatoms. The van der Waals surface area contributed by atoms with Crippen molar-refractivity contribution in [3.8, 4) is 27.8 Å². The Morgan fingerprint density at radius 3 is 2.13 bits per heavy atom. The van der Waals surface area contributed by atoms with Crippen LogP contribution in [-0.2, 0) is 51.7 Å². The first-order valence-corrected chi connectivity index (χ1v) is 26.0. The van der Waals surface area contributed by atoms with Crippen molar-refractivity contribution in [3.63, 3.8) is 0 Å². The summed E-state index contributed by atoms with van der Waals surface area (Å²) in [6.45, 7) is 11.6. The zero-order valence-corrected chi connectivity index (χ0v) is 44.3. The van der Waals surface area contributed by atoms with Crippen molar-refractivity contribution in [1.29, 1.82) is 0 Å². The van der Waals surface area contributed by atoms with Crippen molar-refractivity contribution < 1.29 is 57.1 Å². The minimum Gasteiger partial charge on any atom is -0.490 e. The maximum atomic E-state index is 14.0. The number of likely N-dealkylation sites (tertiary alicyclic amines) is 1. The number of aliphatic hydroxyl groups excluding tert-OH is 1. The lowest BCUT2D eigenvalue weighted by molar-refractivity contribution is -0.146. The summed E-state index contributed by atoms with van der Waals surface area (Å²) >= 11 is 1.57. The molecule has 1 aliphatic heterocycles. The molecule has 0 spiro atoms. The van der Waals surface area contributed by atoms with Gasteiger partial charge in [0.2, 0.25) is 17.7 Å². The van der Waals surface area contributed by atoms with E-state index in [0.717, 1.165) is 21.7 Å². The molecule has 3 amide bonds.